The van der Waals surface area contributed by atoms with Crippen LogP contribution in [0.3, 0.4) is 0 Å². The summed E-state index contributed by atoms with van der Waals surface area (Å²) in [5.41, 5.74) is 6.24. The number of ether oxygens (including phenoxy) is 3. The van der Waals surface area contributed by atoms with Crippen LogP contribution in [0.15, 0.2) is 109 Å². The molecule has 7 nitrogen and oxygen atoms in total. The van der Waals surface area contributed by atoms with Crippen molar-refractivity contribution in [3.8, 4) is 45.9 Å². The van der Waals surface area contributed by atoms with Gasteiger partial charge in [0.05, 0.1) is 56.6 Å². The van der Waals surface area contributed by atoms with E-state index < -0.39 is 0 Å². The first-order valence-corrected chi connectivity index (χ1v) is 22.4. The maximum atomic E-state index is 12.0. The van der Waals surface area contributed by atoms with E-state index in [1.54, 1.807) is 6.92 Å². The normalized spacial score (nSPS) is 11.1. The standard InChI is InChI=1S/C53H68N3O4/c1-44(2)53(57)60-41-38-56(3,36-16-12-8-4-6-10-14-18-39-58-51-32-28-49(29-33-51)47-24-20-45(42-54)21-25-47)37-17-13-9-5-7-11-15-19-40-59-52-34-30-50(31-35-52)48-26-22-46(43-55)23-27-48/h20-35H,1,4-19,36-41H2,2-3H3/q+1. The number of rotatable bonds is 30. The van der Waals surface area contributed by atoms with Gasteiger partial charge in [-0.15, -0.1) is 0 Å². The van der Waals surface area contributed by atoms with Crippen molar-refractivity contribution in [2.24, 2.45) is 0 Å². The number of hydrogen-bond acceptors (Lipinski definition) is 6. The minimum absolute atomic E-state index is 0.288. The molecule has 0 N–H and O–H groups in total. The van der Waals surface area contributed by atoms with Crippen LogP contribution in [-0.4, -0.2) is 57.0 Å². The Morgan fingerprint density at radius 2 is 0.800 bits per heavy atom. The molecular weight excluding hydrogens is 743 g/mol. The quantitative estimate of drug-likeness (QED) is 0.0225. The lowest BCUT2D eigenvalue weighted by atomic mass is 10.0. The molecule has 0 aromatic heterocycles. The highest BCUT2D eigenvalue weighted by atomic mass is 16.5. The number of nitrogens with zero attached hydrogens (tertiary/aromatic N) is 3. The van der Waals surface area contributed by atoms with Crippen molar-refractivity contribution in [3.63, 3.8) is 0 Å². The molecule has 0 unspecified atom stereocenters. The maximum absolute atomic E-state index is 12.0. The summed E-state index contributed by atoms with van der Waals surface area (Å²) in [4.78, 5) is 12.0. The lowest BCUT2D eigenvalue weighted by Crippen LogP contribution is -2.48. The fourth-order valence-electron chi connectivity index (χ4n) is 7.47. The van der Waals surface area contributed by atoms with Crippen molar-refractivity contribution >= 4 is 5.97 Å². The fraction of sp³-hybridized carbons (Fsp3) is 0.453. The summed E-state index contributed by atoms with van der Waals surface area (Å²) in [5.74, 6) is 1.51. The van der Waals surface area contributed by atoms with Gasteiger partial charge >= 0.3 is 5.97 Å². The summed E-state index contributed by atoms with van der Waals surface area (Å²) in [6.07, 6.45) is 19.6. The predicted molar refractivity (Wildman–Crippen MR) is 245 cm³/mol. The number of quaternary nitrogens is 1. The van der Waals surface area contributed by atoms with E-state index >= 15 is 0 Å². The molecule has 0 atom stereocenters. The van der Waals surface area contributed by atoms with Gasteiger partial charge in [-0.25, -0.2) is 4.79 Å². The van der Waals surface area contributed by atoms with Gasteiger partial charge in [0, 0.05) is 5.57 Å². The second-order valence-electron chi connectivity index (χ2n) is 16.5. The molecule has 0 aliphatic rings. The van der Waals surface area contributed by atoms with Crippen LogP contribution in [0.2, 0.25) is 0 Å². The van der Waals surface area contributed by atoms with E-state index in [1.165, 1.54) is 89.9 Å². The van der Waals surface area contributed by atoms with Crippen molar-refractivity contribution in [3.05, 3.63) is 120 Å². The molecule has 4 aromatic rings. The summed E-state index contributed by atoms with van der Waals surface area (Å²) >= 11 is 0. The third-order valence-electron chi connectivity index (χ3n) is 11.3. The molecule has 4 rings (SSSR count). The molecule has 318 valence electrons. The van der Waals surface area contributed by atoms with Crippen LogP contribution in [0.4, 0.5) is 0 Å². The average molecular weight is 811 g/mol. The van der Waals surface area contributed by atoms with Gasteiger partial charge in [0.25, 0.3) is 0 Å². The van der Waals surface area contributed by atoms with Gasteiger partial charge in [0.15, 0.2) is 0 Å². The van der Waals surface area contributed by atoms with Crippen LogP contribution in [-0.2, 0) is 9.53 Å². The highest BCUT2D eigenvalue weighted by molar-refractivity contribution is 5.86. The highest BCUT2D eigenvalue weighted by Crippen LogP contribution is 2.25. The van der Waals surface area contributed by atoms with Crippen molar-refractivity contribution in [1.29, 1.82) is 10.5 Å². The predicted octanol–water partition coefficient (Wildman–Crippen LogP) is 13.0. The molecule has 4 aromatic carbocycles. The van der Waals surface area contributed by atoms with Crippen LogP contribution < -0.4 is 9.47 Å². The number of likely N-dealkylation sites (N-methyl/N-ethyl adjacent to an activating group) is 1. The monoisotopic (exact) mass is 811 g/mol. The van der Waals surface area contributed by atoms with Crippen LogP contribution >= 0.6 is 0 Å². The van der Waals surface area contributed by atoms with Crippen molar-refractivity contribution in [1.82, 2.24) is 0 Å². The number of nitriles is 2. The molecule has 0 saturated carbocycles. The molecule has 0 amide bonds. The summed E-state index contributed by atoms with van der Waals surface area (Å²) in [6.45, 7) is 10.5. The zero-order valence-electron chi connectivity index (χ0n) is 36.5. The Morgan fingerprint density at radius 1 is 0.483 bits per heavy atom. The fourth-order valence-corrected chi connectivity index (χ4v) is 7.47. The van der Waals surface area contributed by atoms with E-state index in [9.17, 15) is 4.79 Å². The average Bonchev–Trinajstić information content (AvgIpc) is 3.28. The maximum Gasteiger partial charge on any atom is 0.333 e. The van der Waals surface area contributed by atoms with E-state index in [0.717, 1.165) is 83.9 Å². The number of carbonyl (C=O) groups is 1. The van der Waals surface area contributed by atoms with E-state index in [2.05, 4.69) is 50.0 Å². The van der Waals surface area contributed by atoms with E-state index in [1.807, 2.05) is 72.8 Å². The van der Waals surface area contributed by atoms with Gasteiger partial charge in [-0.05, 0) is 116 Å². The van der Waals surface area contributed by atoms with Gasteiger partial charge in [-0.2, -0.15) is 10.5 Å². The second kappa shape index (κ2) is 27.4. The van der Waals surface area contributed by atoms with Crippen molar-refractivity contribution < 1.29 is 23.5 Å². The molecule has 0 spiro atoms. The molecule has 0 saturated heterocycles. The Balaban J connectivity index is 0.998. The van der Waals surface area contributed by atoms with Gasteiger partial charge in [0.2, 0.25) is 0 Å². The van der Waals surface area contributed by atoms with E-state index in [-0.39, 0.29) is 5.97 Å². The van der Waals surface area contributed by atoms with Crippen molar-refractivity contribution in [2.75, 3.05) is 46.5 Å². The van der Waals surface area contributed by atoms with Crippen molar-refractivity contribution in [2.45, 2.75) is 110 Å². The summed E-state index contributed by atoms with van der Waals surface area (Å²) < 4.78 is 18.4. The van der Waals surface area contributed by atoms with Gasteiger partial charge in [-0.1, -0.05) is 119 Å². The number of benzene rings is 4. The summed E-state index contributed by atoms with van der Waals surface area (Å²) in [7, 11) is 2.34. The zero-order valence-corrected chi connectivity index (χ0v) is 36.5. The van der Waals surface area contributed by atoms with Gasteiger partial charge in [0.1, 0.15) is 24.7 Å². The minimum atomic E-state index is -0.288. The lowest BCUT2D eigenvalue weighted by Gasteiger charge is -2.34. The topological polar surface area (TPSA) is 92.3 Å². The highest BCUT2D eigenvalue weighted by Gasteiger charge is 2.21. The summed E-state index contributed by atoms with van der Waals surface area (Å²) in [5, 5.41) is 18.0. The number of hydrogen-bond donors (Lipinski definition) is 0. The Morgan fingerprint density at radius 3 is 1.13 bits per heavy atom. The molecule has 0 aliphatic heterocycles. The molecule has 0 aliphatic carbocycles. The molecule has 7 heteroatoms. The third-order valence-corrected chi connectivity index (χ3v) is 11.3. The Hall–Kier alpha value is -5.37. The van der Waals surface area contributed by atoms with Crippen LogP contribution in [0.1, 0.15) is 121 Å². The Kier molecular flexibility index (Phi) is 21.6. The SMILES string of the molecule is C=C(C)C(=O)OCC[N+](C)(CCCCCCCCCCOc1ccc(-c2ccc(C#N)cc2)cc1)CCCCCCCCCCOc1ccc(-c2ccc(C#N)cc2)cc1. The molecule has 60 heavy (non-hydrogen) atoms. The first-order chi connectivity index (χ1) is 29.3. The largest absolute Gasteiger partial charge is 0.494 e. The first kappa shape index (κ1) is 47.3. The van der Waals surface area contributed by atoms with Crippen LogP contribution in [0, 0.1) is 22.7 Å². The molecule has 0 bridgehead atoms. The Bertz CT molecular complexity index is 1780. The molecule has 0 fully saturated rings. The smallest absolute Gasteiger partial charge is 0.333 e. The van der Waals surface area contributed by atoms with Gasteiger partial charge in [-0.3, -0.25) is 0 Å². The van der Waals surface area contributed by atoms with Crippen LogP contribution in [0.25, 0.3) is 22.3 Å². The summed E-state index contributed by atoms with van der Waals surface area (Å²) in [6, 6.07) is 36.0. The molecule has 0 heterocycles. The molecule has 0 radical (unpaired) electrons. The van der Waals surface area contributed by atoms with Gasteiger partial charge < -0.3 is 18.7 Å². The minimum Gasteiger partial charge on any atom is -0.494 e. The number of esters is 1. The second-order valence-corrected chi connectivity index (χ2v) is 16.5. The number of unbranched alkanes of at least 4 members (excludes halogenated alkanes) is 14. The first-order valence-electron chi connectivity index (χ1n) is 22.4. The molecular formula is C53H68N3O4+. The number of carbonyl (C=O) groups excluding carboxylic acids is 1. The lowest BCUT2D eigenvalue weighted by molar-refractivity contribution is -0.910. The third kappa shape index (κ3) is 18.3. The van der Waals surface area contributed by atoms with E-state index in [0.29, 0.717) is 23.3 Å². The zero-order chi connectivity index (χ0) is 42.7. The van der Waals surface area contributed by atoms with Crippen LogP contribution in [0.5, 0.6) is 11.5 Å². The van der Waals surface area contributed by atoms with E-state index in [4.69, 9.17) is 24.7 Å². The Labute approximate surface area is 361 Å².